The number of benzene rings is 2. The number of imide groups is 1. The fourth-order valence-corrected chi connectivity index (χ4v) is 4.44. The monoisotopic (exact) mass is 574 g/mol. The first-order valence-electron chi connectivity index (χ1n) is 9.24. The molecule has 0 spiro atoms. The zero-order chi connectivity index (χ0) is 23.4. The maximum absolute atomic E-state index is 13.7. The summed E-state index contributed by atoms with van der Waals surface area (Å²) in [5.74, 6) is -2.16. The number of carbonyl (C=O) groups excluding carboxylic acids is 3. The average molecular weight is 574 g/mol. The van der Waals surface area contributed by atoms with E-state index in [1.807, 2.05) is 6.92 Å². The van der Waals surface area contributed by atoms with Crippen LogP contribution >= 0.6 is 34.4 Å². The number of hydrogen-bond donors (Lipinski definition) is 1. The highest BCUT2D eigenvalue weighted by molar-refractivity contribution is 14.1. The zero-order valence-electron chi connectivity index (χ0n) is 16.9. The summed E-state index contributed by atoms with van der Waals surface area (Å²) in [6, 6.07) is 6.09. The molecule has 1 aliphatic heterocycles. The summed E-state index contributed by atoms with van der Waals surface area (Å²) in [6.07, 6.45) is 1.52. The Labute approximate surface area is 200 Å². The summed E-state index contributed by atoms with van der Waals surface area (Å²) in [5, 5.41) is 1.59. The van der Waals surface area contributed by atoms with E-state index in [2.05, 4.69) is 27.9 Å². The van der Waals surface area contributed by atoms with Crippen molar-refractivity contribution in [3.8, 4) is 11.5 Å². The summed E-state index contributed by atoms with van der Waals surface area (Å²) < 4.78 is 38.4. The van der Waals surface area contributed by atoms with Gasteiger partial charge in [-0.25, -0.2) is 8.78 Å². The molecule has 2 aromatic rings. The number of nitrogens with one attached hydrogen (secondary N) is 1. The minimum atomic E-state index is -0.966. The van der Waals surface area contributed by atoms with Crippen LogP contribution in [0.4, 0.5) is 19.3 Å². The zero-order valence-corrected chi connectivity index (χ0v) is 19.9. The first kappa shape index (κ1) is 24.0. The molecule has 0 unspecified atom stereocenters. The Morgan fingerprint density at radius 3 is 2.66 bits per heavy atom. The van der Waals surface area contributed by atoms with E-state index in [0.717, 1.165) is 20.6 Å². The predicted molar refractivity (Wildman–Crippen MR) is 125 cm³/mol. The Hall–Kier alpha value is -2.67. The van der Waals surface area contributed by atoms with Crippen LogP contribution in [0.5, 0.6) is 11.5 Å². The van der Waals surface area contributed by atoms with Gasteiger partial charge in [0.2, 0.25) is 5.91 Å². The molecule has 7 nitrogen and oxygen atoms in total. The van der Waals surface area contributed by atoms with E-state index < -0.39 is 35.2 Å². The van der Waals surface area contributed by atoms with Crippen molar-refractivity contribution in [3.05, 3.63) is 56.0 Å². The fraction of sp³-hybridized carbons (Fsp3) is 0.190. The van der Waals surface area contributed by atoms with E-state index in [4.69, 9.17) is 9.47 Å². The largest absolute Gasteiger partial charge is 0.493 e. The minimum Gasteiger partial charge on any atom is -0.493 e. The van der Waals surface area contributed by atoms with Crippen molar-refractivity contribution in [2.75, 3.05) is 25.6 Å². The molecule has 3 amide bonds. The SMILES string of the molecule is CCOc1c(I)cc(/C=C2/SC(=O)N(CC(=O)Nc3ccc(F)cc3F)C2=O)cc1OC. The van der Waals surface area contributed by atoms with Crippen molar-refractivity contribution in [2.24, 2.45) is 0 Å². The van der Waals surface area contributed by atoms with Gasteiger partial charge in [0.05, 0.1) is 27.9 Å². The van der Waals surface area contributed by atoms with E-state index in [-0.39, 0.29) is 10.6 Å². The lowest BCUT2D eigenvalue weighted by Gasteiger charge is -2.13. The van der Waals surface area contributed by atoms with Gasteiger partial charge in [0.1, 0.15) is 18.2 Å². The van der Waals surface area contributed by atoms with Crippen LogP contribution in [0.3, 0.4) is 0 Å². The maximum Gasteiger partial charge on any atom is 0.294 e. The molecule has 32 heavy (non-hydrogen) atoms. The summed E-state index contributed by atoms with van der Waals surface area (Å²) in [4.78, 5) is 38.1. The van der Waals surface area contributed by atoms with E-state index in [1.165, 1.54) is 13.2 Å². The Morgan fingerprint density at radius 2 is 2.00 bits per heavy atom. The highest BCUT2D eigenvalue weighted by Gasteiger charge is 2.36. The van der Waals surface area contributed by atoms with Gasteiger partial charge in [-0.2, -0.15) is 0 Å². The topological polar surface area (TPSA) is 84.9 Å². The van der Waals surface area contributed by atoms with Crippen LogP contribution in [0, 0.1) is 15.2 Å². The van der Waals surface area contributed by atoms with Gasteiger partial charge in [-0.1, -0.05) is 0 Å². The van der Waals surface area contributed by atoms with Gasteiger partial charge in [-0.3, -0.25) is 19.3 Å². The number of carbonyl (C=O) groups is 3. The lowest BCUT2D eigenvalue weighted by atomic mass is 10.2. The third kappa shape index (κ3) is 5.38. The van der Waals surface area contributed by atoms with Crippen molar-refractivity contribution in [2.45, 2.75) is 6.92 Å². The molecule has 0 aromatic heterocycles. The van der Waals surface area contributed by atoms with E-state index in [9.17, 15) is 23.2 Å². The fourth-order valence-electron chi connectivity index (χ4n) is 2.82. The Kier molecular flexibility index (Phi) is 7.72. The third-order valence-electron chi connectivity index (χ3n) is 4.22. The number of halogens is 3. The van der Waals surface area contributed by atoms with E-state index in [0.29, 0.717) is 41.5 Å². The van der Waals surface area contributed by atoms with Crippen molar-refractivity contribution < 1.29 is 32.6 Å². The number of hydrogen-bond acceptors (Lipinski definition) is 6. The number of ether oxygens (including phenoxy) is 2. The second kappa shape index (κ2) is 10.3. The molecular weight excluding hydrogens is 557 g/mol. The highest BCUT2D eigenvalue weighted by Crippen LogP contribution is 2.37. The normalized spacial score (nSPS) is 14.8. The van der Waals surface area contributed by atoms with Gasteiger partial charge in [0, 0.05) is 6.07 Å². The highest BCUT2D eigenvalue weighted by atomic mass is 127. The summed E-state index contributed by atoms with van der Waals surface area (Å²) >= 11 is 2.76. The lowest BCUT2D eigenvalue weighted by Crippen LogP contribution is -2.36. The number of anilines is 1. The lowest BCUT2D eigenvalue weighted by molar-refractivity contribution is -0.127. The molecule has 0 radical (unpaired) electrons. The van der Waals surface area contributed by atoms with Crippen LogP contribution in [0.2, 0.25) is 0 Å². The third-order valence-corrected chi connectivity index (χ3v) is 5.93. The van der Waals surface area contributed by atoms with Crippen LogP contribution < -0.4 is 14.8 Å². The number of amides is 3. The van der Waals surface area contributed by atoms with Gasteiger partial charge < -0.3 is 14.8 Å². The van der Waals surface area contributed by atoms with Gasteiger partial charge in [0.15, 0.2) is 11.5 Å². The number of rotatable bonds is 7. The second-order valence-corrected chi connectivity index (χ2v) is 8.56. The Bertz CT molecular complexity index is 1130. The molecule has 1 fully saturated rings. The number of methoxy groups -OCH3 is 1. The van der Waals surface area contributed by atoms with Gasteiger partial charge in [-0.15, -0.1) is 0 Å². The molecule has 168 valence electrons. The molecular formula is C21H17F2IN2O5S. The predicted octanol–water partition coefficient (Wildman–Crippen LogP) is 4.65. The first-order chi connectivity index (χ1) is 15.2. The molecule has 0 saturated carbocycles. The first-order valence-corrected chi connectivity index (χ1v) is 11.1. The molecule has 1 aliphatic rings. The van der Waals surface area contributed by atoms with Gasteiger partial charge >= 0.3 is 0 Å². The Morgan fingerprint density at radius 1 is 1.25 bits per heavy atom. The smallest absolute Gasteiger partial charge is 0.294 e. The second-order valence-electron chi connectivity index (χ2n) is 6.41. The van der Waals surface area contributed by atoms with E-state index in [1.54, 1.807) is 12.1 Å². The Balaban J connectivity index is 1.76. The minimum absolute atomic E-state index is 0.123. The van der Waals surface area contributed by atoms with Crippen molar-refractivity contribution in [3.63, 3.8) is 0 Å². The van der Waals surface area contributed by atoms with E-state index >= 15 is 0 Å². The molecule has 1 heterocycles. The molecule has 1 N–H and O–H groups in total. The van der Waals surface area contributed by atoms with Crippen molar-refractivity contribution >= 4 is 63.2 Å². The average Bonchev–Trinajstić information content (AvgIpc) is 2.99. The van der Waals surface area contributed by atoms with Gasteiger partial charge in [-0.05, 0) is 77.2 Å². The van der Waals surface area contributed by atoms with Crippen LogP contribution in [0.15, 0.2) is 35.2 Å². The molecule has 0 atom stereocenters. The molecule has 0 aliphatic carbocycles. The van der Waals surface area contributed by atoms with Crippen LogP contribution in [-0.4, -0.2) is 42.2 Å². The number of nitrogens with zero attached hydrogens (tertiary/aromatic N) is 1. The molecule has 0 bridgehead atoms. The van der Waals surface area contributed by atoms with Crippen LogP contribution in [-0.2, 0) is 9.59 Å². The summed E-state index contributed by atoms with van der Waals surface area (Å²) in [6.45, 7) is 1.69. The number of thioether (sulfide) groups is 1. The summed E-state index contributed by atoms with van der Waals surface area (Å²) in [5.41, 5.74) is 0.355. The maximum atomic E-state index is 13.7. The molecule has 11 heteroatoms. The summed E-state index contributed by atoms with van der Waals surface area (Å²) in [7, 11) is 1.49. The quantitative estimate of drug-likeness (QED) is 0.383. The molecule has 2 aromatic carbocycles. The van der Waals surface area contributed by atoms with Crippen LogP contribution in [0.25, 0.3) is 6.08 Å². The van der Waals surface area contributed by atoms with Crippen molar-refractivity contribution in [1.29, 1.82) is 0 Å². The molecule has 1 saturated heterocycles. The van der Waals surface area contributed by atoms with Crippen molar-refractivity contribution in [1.82, 2.24) is 4.90 Å². The molecule has 3 rings (SSSR count). The van der Waals surface area contributed by atoms with Crippen LogP contribution in [0.1, 0.15) is 12.5 Å². The standard InChI is InChI=1S/C21H17F2IN2O5S/c1-3-31-19-14(24)6-11(7-16(19)30-2)8-17-20(28)26(21(29)32-17)10-18(27)25-15-5-4-12(22)9-13(15)23/h4-9H,3,10H2,1-2H3,(H,25,27)/b17-8+. The van der Waals surface area contributed by atoms with Gasteiger partial charge in [0.25, 0.3) is 11.1 Å².